The fourth-order valence-electron chi connectivity index (χ4n) is 4.75. The molecule has 1 aromatic carbocycles. The van der Waals surface area contributed by atoms with Gasteiger partial charge in [0.2, 0.25) is 0 Å². The zero-order valence-corrected chi connectivity index (χ0v) is 17.7. The normalized spacial score (nSPS) is 13.4. The van der Waals surface area contributed by atoms with E-state index in [2.05, 4.69) is 42.1 Å². The van der Waals surface area contributed by atoms with Gasteiger partial charge in [0.25, 0.3) is 0 Å². The van der Waals surface area contributed by atoms with Crippen molar-refractivity contribution in [1.29, 1.82) is 0 Å². The van der Waals surface area contributed by atoms with Crippen LogP contribution in [0.2, 0.25) is 0 Å². The van der Waals surface area contributed by atoms with Crippen molar-refractivity contribution >= 4 is 32.5 Å². The molecule has 30 heavy (non-hydrogen) atoms. The monoisotopic (exact) mass is 412 g/mol. The number of nitrogens with zero attached hydrogens (tertiary/aromatic N) is 2. The van der Waals surface area contributed by atoms with Gasteiger partial charge in [-0.05, 0) is 80.1 Å². The Labute approximate surface area is 177 Å². The molecule has 5 aromatic rings. The molecule has 0 unspecified atom stereocenters. The number of thiophene rings is 1. The van der Waals surface area contributed by atoms with Crippen molar-refractivity contribution in [2.45, 2.75) is 33.1 Å². The van der Waals surface area contributed by atoms with E-state index in [1.807, 2.05) is 19.1 Å². The summed E-state index contributed by atoms with van der Waals surface area (Å²) in [5.41, 5.74) is 7.24. The first-order valence-electron chi connectivity index (χ1n) is 10.2. The molecular formula is C25H20N2O2S. The Morgan fingerprint density at radius 1 is 1.03 bits per heavy atom. The lowest BCUT2D eigenvalue weighted by Gasteiger charge is -2.11. The number of fused-ring (bicyclic) bond motifs is 3. The van der Waals surface area contributed by atoms with Gasteiger partial charge in [-0.15, -0.1) is 11.3 Å². The molecule has 0 aliphatic heterocycles. The van der Waals surface area contributed by atoms with Crippen LogP contribution in [0, 0.1) is 13.8 Å². The van der Waals surface area contributed by atoms with E-state index < -0.39 is 0 Å². The summed E-state index contributed by atoms with van der Waals surface area (Å²) in [5, 5.41) is 2.14. The Kier molecular flexibility index (Phi) is 3.77. The second-order valence-electron chi connectivity index (χ2n) is 8.08. The van der Waals surface area contributed by atoms with Gasteiger partial charge in [-0.2, -0.15) is 0 Å². The number of benzene rings is 1. The van der Waals surface area contributed by atoms with E-state index in [-0.39, 0.29) is 5.63 Å². The SMILES string of the molecule is Cc1cc(C)c2c(-n3cccc3)c(-c3cc(=O)oc4cc5c(cc34)CCC5)sc2n1. The smallest absolute Gasteiger partial charge is 0.336 e. The molecule has 0 amide bonds. The fraction of sp³-hybridized carbons (Fsp3) is 0.200. The lowest BCUT2D eigenvalue weighted by molar-refractivity contribution is 0.561. The molecule has 5 heteroatoms. The van der Waals surface area contributed by atoms with Crippen LogP contribution in [0.15, 0.2) is 58.0 Å². The largest absolute Gasteiger partial charge is 0.423 e. The Morgan fingerprint density at radius 2 is 1.80 bits per heavy atom. The molecule has 0 N–H and O–H groups in total. The van der Waals surface area contributed by atoms with Crippen molar-refractivity contribution in [2.75, 3.05) is 0 Å². The highest BCUT2D eigenvalue weighted by molar-refractivity contribution is 7.22. The van der Waals surface area contributed by atoms with Crippen LogP contribution in [-0.4, -0.2) is 9.55 Å². The number of aromatic nitrogens is 2. The number of hydrogen-bond acceptors (Lipinski definition) is 4. The third-order valence-corrected chi connectivity index (χ3v) is 7.13. The van der Waals surface area contributed by atoms with Crippen LogP contribution in [0.1, 0.15) is 28.8 Å². The van der Waals surface area contributed by atoms with Crippen LogP contribution in [0.25, 0.3) is 37.3 Å². The van der Waals surface area contributed by atoms with Crippen LogP contribution in [0.3, 0.4) is 0 Å². The summed E-state index contributed by atoms with van der Waals surface area (Å²) in [6, 6.07) is 12.1. The van der Waals surface area contributed by atoms with Crippen molar-refractivity contribution in [3.63, 3.8) is 0 Å². The second-order valence-corrected chi connectivity index (χ2v) is 9.08. The summed E-state index contributed by atoms with van der Waals surface area (Å²) in [4.78, 5) is 19.4. The minimum Gasteiger partial charge on any atom is -0.423 e. The Bertz CT molecular complexity index is 1510. The van der Waals surface area contributed by atoms with Gasteiger partial charge in [0.05, 0.1) is 10.6 Å². The molecule has 4 aromatic heterocycles. The lowest BCUT2D eigenvalue weighted by Crippen LogP contribution is -2.00. The van der Waals surface area contributed by atoms with Gasteiger partial charge < -0.3 is 8.98 Å². The third kappa shape index (κ3) is 2.58. The van der Waals surface area contributed by atoms with E-state index in [0.717, 1.165) is 56.7 Å². The summed E-state index contributed by atoms with van der Waals surface area (Å²) >= 11 is 1.65. The van der Waals surface area contributed by atoms with Crippen LogP contribution in [0.4, 0.5) is 0 Å². The molecule has 0 spiro atoms. The fourth-order valence-corrected chi connectivity index (χ4v) is 6.08. The number of aryl methyl sites for hydroxylation is 4. The van der Waals surface area contributed by atoms with Crippen LogP contribution in [-0.2, 0) is 12.8 Å². The quantitative estimate of drug-likeness (QED) is 0.336. The predicted molar refractivity (Wildman–Crippen MR) is 122 cm³/mol. The maximum absolute atomic E-state index is 12.5. The molecule has 0 bridgehead atoms. The second kappa shape index (κ2) is 6.41. The summed E-state index contributed by atoms with van der Waals surface area (Å²) in [5.74, 6) is 0. The first kappa shape index (κ1) is 17.7. The van der Waals surface area contributed by atoms with E-state index in [9.17, 15) is 4.79 Å². The van der Waals surface area contributed by atoms with Crippen molar-refractivity contribution < 1.29 is 4.42 Å². The highest BCUT2D eigenvalue weighted by atomic mass is 32.1. The maximum atomic E-state index is 12.5. The van der Waals surface area contributed by atoms with Gasteiger partial charge in [0, 0.05) is 40.5 Å². The van der Waals surface area contributed by atoms with E-state index in [1.54, 1.807) is 17.4 Å². The Hall–Kier alpha value is -3.18. The third-order valence-electron chi connectivity index (χ3n) is 6.03. The highest BCUT2D eigenvalue weighted by Gasteiger charge is 2.22. The molecular weight excluding hydrogens is 392 g/mol. The molecule has 0 radical (unpaired) electrons. The molecule has 0 saturated heterocycles. The van der Waals surface area contributed by atoms with E-state index in [4.69, 9.17) is 9.40 Å². The average molecular weight is 413 g/mol. The molecule has 148 valence electrons. The van der Waals surface area contributed by atoms with Gasteiger partial charge in [-0.1, -0.05) is 0 Å². The molecule has 0 fully saturated rings. The minimum atomic E-state index is -0.313. The molecule has 6 rings (SSSR count). The Balaban J connectivity index is 1.76. The first-order chi connectivity index (χ1) is 14.6. The number of hydrogen-bond donors (Lipinski definition) is 0. The molecule has 4 heterocycles. The van der Waals surface area contributed by atoms with Crippen LogP contribution >= 0.6 is 11.3 Å². The van der Waals surface area contributed by atoms with Gasteiger partial charge >= 0.3 is 5.63 Å². The van der Waals surface area contributed by atoms with Crippen molar-refractivity contribution in [1.82, 2.24) is 9.55 Å². The van der Waals surface area contributed by atoms with Gasteiger partial charge in [-0.3, -0.25) is 0 Å². The standard InChI is InChI=1S/C25H20N2O2S/c1-14-10-15(2)26-25-22(14)23(27-8-3-4-9-27)24(30-25)19-13-21(28)29-20-12-17-7-5-6-16(17)11-18(19)20/h3-4,8-13H,5-7H2,1-2H3. The van der Waals surface area contributed by atoms with E-state index >= 15 is 0 Å². The van der Waals surface area contributed by atoms with Gasteiger partial charge in [0.15, 0.2) is 0 Å². The predicted octanol–water partition coefficient (Wildman–Crippen LogP) is 5.97. The maximum Gasteiger partial charge on any atom is 0.336 e. The van der Waals surface area contributed by atoms with Gasteiger partial charge in [0.1, 0.15) is 10.4 Å². The van der Waals surface area contributed by atoms with Gasteiger partial charge in [-0.25, -0.2) is 9.78 Å². The molecule has 1 aliphatic carbocycles. The zero-order valence-electron chi connectivity index (χ0n) is 16.9. The molecule has 0 saturated carbocycles. The first-order valence-corrected chi connectivity index (χ1v) is 11.0. The topological polar surface area (TPSA) is 48.0 Å². The van der Waals surface area contributed by atoms with E-state index in [1.165, 1.54) is 16.7 Å². The number of rotatable bonds is 2. The van der Waals surface area contributed by atoms with Crippen LogP contribution < -0.4 is 5.63 Å². The van der Waals surface area contributed by atoms with Crippen molar-refractivity contribution in [3.8, 4) is 16.1 Å². The Morgan fingerprint density at radius 3 is 2.60 bits per heavy atom. The molecule has 1 aliphatic rings. The summed E-state index contributed by atoms with van der Waals surface area (Å²) in [7, 11) is 0. The number of pyridine rings is 1. The minimum absolute atomic E-state index is 0.313. The average Bonchev–Trinajstić information content (AvgIpc) is 3.44. The molecule has 4 nitrogen and oxygen atoms in total. The lowest BCUT2D eigenvalue weighted by atomic mass is 10.0. The zero-order chi connectivity index (χ0) is 20.4. The summed E-state index contributed by atoms with van der Waals surface area (Å²) < 4.78 is 7.75. The highest BCUT2D eigenvalue weighted by Crippen LogP contribution is 2.44. The van der Waals surface area contributed by atoms with E-state index in [0.29, 0.717) is 5.58 Å². The van der Waals surface area contributed by atoms with Crippen LogP contribution in [0.5, 0.6) is 0 Å². The molecule has 0 atom stereocenters. The van der Waals surface area contributed by atoms with Crippen molar-refractivity contribution in [3.05, 3.63) is 81.6 Å². The van der Waals surface area contributed by atoms with Crippen molar-refractivity contribution in [2.24, 2.45) is 0 Å². The summed E-state index contributed by atoms with van der Waals surface area (Å²) in [6.45, 7) is 4.15. The summed E-state index contributed by atoms with van der Waals surface area (Å²) in [6.07, 6.45) is 7.40.